The van der Waals surface area contributed by atoms with Crippen LogP contribution in [0.15, 0.2) is 0 Å². The smallest absolute Gasteiger partial charge is 0.335 e. The number of halogens is 3. The molecule has 2 rings (SSSR count). The van der Waals surface area contributed by atoms with Gasteiger partial charge in [-0.2, -0.15) is 13.2 Å². The second-order valence-corrected chi connectivity index (χ2v) is 4.99. The summed E-state index contributed by atoms with van der Waals surface area (Å²) in [5, 5.41) is 3.19. The topological polar surface area (TPSA) is 32.3 Å². The van der Waals surface area contributed by atoms with Crippen LogP contribution >= 0.6 is 0 Å². The van der Waals surface area contributed by atoms with Crippen molar-refractivity contribution in [3.63, 3.8) is 0 Å². The number of carbonyl (C=O) groups is 1. The van der Waals surface area contributed by atoms with E-state index in [4.69, 9.17) is 0 Å². The zero-order valence-electron chi connectivity index (χ0n) is 9.76. The first-order valence-corrected chi connectivity index (χ1v) is 5.97. The zero-order valence-corrected chi connectivity index (χ0v) is 9.76. The first-order chi connectivity index (χ1) is 7.88. The Hall–Kier alpha value is -0.780. The monoisotopic (exact) mass is 250 g/mol. The van der Waals surface area contributed by atoms with Crippen LogP contribution in [0.1, 0.15) is 26.2 Å². The predicted octanol–water partition coefficient (Wildman–Crippen LogP) is 1.54. The summed E-state index contributed by atoms with van der Waals surface area (Å²) in [6.45, 7) is 3.51. The number of rotatable bonds is 2. The summed E-state index contributed by atoms with van der Waals surface area (Å²) in [5.41, 5.74) is 0. The van der Waals surface area contributed by atoms with E-state index < -0.39 is 19.0 Å². The molecule has 0 aromatic carbocycles. The van der Waals surface area contributed by atoms with Gasteiger partial charge < -0.3 is 10.2 Å². The lowest BCUT2D eigenvalue weighted by Crippen LogP contribution is -2.43. The fraction of sp³-hybridized carbons (Fsp3) is 0.909. The molecule has 2 aliphatic heterocycles. The highest BCUT2D eigenvalue weighted by molar-refractivity contribution is 5.77. The van der Waals surface area contributed by atoms with E-state index in [2.05, 4.69) is 5.32 Å². The largest absolute Gasteiger partial charge is 0.389 e. The van der Waals surface area contributed by atoms with Crippen LogP contribution in [0.5, 0.6) is 0 Å². The van der Waals surface area contributed by atoms with Crippen molar-refractivity contribution in [2.24, 2.45) is 5.92 Å². The average molecular weight is 250 g/mol. The number of fused-ring (bicyclic) bond motifs is 1. The Morgan fingerprint density at radius 2 is 2.12 bits per heavy atom. The second-order valence-electron chi connectivity index (χ2n) is 4.99. The van der Waals surface area contributed by atoms with Gasteiger partial charge >= 0.3 is 6.18 Å². The van der Waals surface area contributed by atoms with Crippen LogP contribution in [0, 0.1) is 5.92 Å². The average Bonchev–Trinajstić information content (AvgIpc) is 2.72. The van der Waals surface area contributed by atoms with Gasteiger partial charge in [0.05, 0.1) is 6.42 Å². The number of likely N-dealkylation sites (tertiary alicyclic amines) is 1. The molecule has 3 unspecified atom stereocenters. The molecule has 2 saturated heterocycles. The molecule has 1 N–H and O–H groups in total. The second kappa shape index (κ2) is 4.48. The molecule has 0 saturated carbocycles. The molecule has 2 fully saturated rings. The summed E-state index contributed by atoms with van der Waals surface area (Å²) in [6, 6.07) is 0.179. The van der Waals surface area contributed by atoms with E-state index in [1.54, 1.807) is 4.90 Å². The SMILES string of the molecule is CC1CC2CNCC2N1C(=O)CCC(F)(F)F. The highest BCUT2D eigenvalue weighted by Gasteiger charge is 2.44. The number of carbonyl (C=O) groups excluding carboxylic acids is 1. The van der Waals surface area contributed by atoms with Crippen molar-refractivity contribution < 1.29 is 18.0 Å². The Kier molecular flexibility index (Phi) is 3.34. The number of nitrogens with zero attached hydrogens (tertiary/aromatic N) is 1. The third-order valence-electron chi connectivity index (χ3n) is 3.69. The Balaban J connectivity index is 1.94. The maximum atomic E-state index is 12.1. The van der Waals surface area contributed by atoms with Crippen LogP contribution in [0.2, 0.25) is 0 Å². The van der Waals surface area contributed by atoms with Crippen molar-refractivity contribution in [1.82, 2.24) is 10.2 Å². The Bertz CT molecular complexity index is 306. The number of amides is 1. The minimum atomic E-state index is -4.24. The van der Waals surface area contributed by atoms with Crippen molar-refractivity contribution in [2.75, 3.05) is 13.1 Å². The summed E-state index contributed by atoms with van der Waals surface area (Å²) in [4.78, 5) is 13.5. The molecule has 1 amide bonds. The molecule has 0 aromatic heterocycles. The Morgan fingerprint density at radius 3 is 2.76 bits per heavy atom. The van der Waals surface area contributed by atoms with Gasteiger partial charge in [0.25, 0.3) is 0 Å². The lowest BCUT2D eigenvalue weighted by molar-refractivity contribution is -0.150. The highest BCUT2D eigenvalue weighted by atomic mass is 19.4. The fourth-order valence-corrected chi connectivity index (χ4v) is 2.97. The van der Waals surface area contributed by atoms with Crippen molar-refractivity contribution in [1.29, 1.82) is 0 Å². The highest BCUT2D eigenvalue weighted by Crippen LogP contribution is 2.33. The van der Waals surface area contributed by atoms with E-state index in [0.29, 0.717) is 12.5 Å². The number of alkyl halides is 3. The molecule has 0 aliphatic carbocycles. The summed E-state index contributed by atoms with van der Waals surface area (Å²) in [6.07, 6.45) is -4.78. The van der Waals surface area contributed by atoms with Crippen LogP contribution in [-0.4, -0.2) is 42.2 Å². The minimum absolute atomic E-state index is 0.0767. The van der Waals surface area contributed by atoms with E-state index in [1.807, 2.05) is 6.92 Å². The molecular formula is C11H17F3N2O. The molecular weight excluding hydrogens is 233 g/mol. The van der Waals surface area contributed by atoms with Gasteiger partial charge in [-0.05, 0) is 19.3 Å². The van der Waals surface area contributed by atoms with Crippen molar-refractivity contribution in [3.05, 3.63) is 0 Å². The van der Waals surface area contributed by atoms with Crippen LogP contribution < -0.4 is 5.32 Å². The normalized spacial score (nSPS) is 32.9. The van der Waals surface area contributed by atoms with Crippen molar-refractivity contribution >= 4 is 5.91 Å². The van der Waals surface area contributed by atoms with Gasteiger partial charge in [0.1, 0.15) is 0 Å². The lowest BCUT2D eigenvalue weighted by atomic mass is 10.0. The van der Waals surface area contributed by atoms with E-state index >= 15 is 0 Å². The summed E-state index contributed by atoms with van der Waals surface area (Å²) in [5.74, 6) is 0.0610. The number of nitrogens with one attached hydrogen (secondary N) is 1. The minimum Gasteiger partial charge on any atom is -0.335 e. The molecule has 0 bridgehead atoms. The Morgan fingerprint density at radius 1 is 1.41 bits per heavy atom. The number of hydrogen-bond acceptors (Lipinski definition) is 2. The van der Waals surface area contributed by atoms with E-state index in [0.717, 1.165) is 13.0 Å². The zero-order chi connectivity index (χ0) is 12.6. The summed E-state index contributed by atoms with van der Waals surface area (Å²) < 4.78 is 36.3. The maximum absolute atomic E-state index is 12.1. The maximum Gasteiger partial charge on any atom is 0.389 e. The predicted molar refractivity (Wildman–Crippen MR) is 56.4 cm³/mol. The summed E-state index contributed by atoms with van der Waals surface area (Å²) >= 11 is 0. The molecule has 17 heavy (non-hydrogen) atoms. The molecule has 3 atom stereocenters. The molecule has 0 spiro atoms. The third-order valence-corrected chi connectivity index (χ3v) is 3.69. The van der Waals surface area contributed by atoms with Gasteiger partial charge in [-0.15, -0.1) is 0 Å². The lowest BCUT2D eigenvalue weighted by Gasteiger charge is -2.27. The van der Waals surface area contributed by atoms with E-state index in [1.165, 1.54) is 0 Å². The van der Waals surface area contributed by atoms with Gasteiger partial charge in [0.15, 0.2) is 0 Å². The fourth-order valence-electron chi connectivity index (χ4n) is 2.97. The van der Waals surface area contributed by atoms with Crippen LogP contribution in [0.3, 0.4) is 0 Å². The molecule has 3 nitrogen and oxygen atoms in total. The molecule has 0 radical (unpaired) electrons. The Labute approximate surface area is 98.3 Å². The molecule has 0 aromatic rings. The third kappa shape index (κ3) is 2.73. The van der Waals surface area contributed by atoms with Gasteiger partial charge in [-0.1, -0.05) is 0 Å². The first kappa shape index (κ1) is 12.7. The van der Waals surface area contributed by atoms with Crippen molar-refractivity contribution in [3.8, 4) is 0 Å². The first-order valence-electron chi connectivity index (χ1n) is 5.97. The molecule has 2 heterocycles. The van der Waals surface area contributed by atoms with Crippen molar-refractivity contribution in [2.45, 2.75) is 44.4 Å². The number of hydrogen-bond donors (Lipinski definition) is 1. The summed E-state index contributed by atoms with van der Waals surface area (Å²) in [7, 11) is 0. The molecule has 98 valence electrons. The van der Waals surface area contributed by atoms with E-state index in [-0.39, 0.29) is 18.0 Å². The molecule has 6 heteroatoms. The molecule has 2 aliphatic rings. The standard InChI is InChI=1S/C11H17F3N2O/c1-7-4-8-5-15-6-9(8)16(7)10(17)2-3-11(12,13)14/h7-9,15H,2-6H2,1H3. The van der Waals surface area contributed by atoms with Crippen LogP contribution in [-0.2, 0) is 4.79 Å². The van der Waals surface area contributed by atoms with Gasteiger partial charge in [-0.3, -0.25) is 4.79 Å². The van der Waals surface area contributed by atoms with Gasteiger partial charge in [0, 0.05) is 31.6 Å². The van der Waals surface area contributed by atoms with E-state index in [9.17, 15) is 18.0 Å². The van der Waals surface area contributed by atoms with Gasteiger partial charge in [0.2, 0.25) is 5.91 Å². The van der Waals surface area contributed by atoms with Crippen LogP contribution in [0.25, 0.3) is 0 Å². The quantitative estimate of drug-likeness (QED) is 0.806. The van der Waals surface area contributed by atoms with Gasteiger partial charge in [-0.25, -0.2) is 0 Å². The van der Waals surface area contributed by atoms with Crippen LogP contribution in [0.4, 0.5) is 13.2 Å².